The van der Waals surface area contributed by atoms with Crippen LogP contribution < -0.4 is 0 Å². The number of aliphatic hydroxyl groups excluding tert-OH is 2. The molecule has 0 aliphatic heterocycles. The molecule has 0 saturated carbocycles. The lowest BCUT2D eigenvalue weighted by Gasteiger charge is -2.13. The van der Waals surface area contributed by atoms with E-state index in [1.54, 1.807) is 23.3 Å². The third kappa shape index (κ3) is 7.76. The Bertz CT molecular complexity index is 1140. The van der Waals surface area contributed by atoms with Crippen LogP contribution in [0.5, 0.6) is 0 Å². The van der Waals surface area contributed by atoms with Gasteiger partial charge in [-0.15, -0.1) is 5.10 Å². The number of hydrogen-bond donors (Lipinski definition) is 2. The number of ether oxygens (including phenoxy) is 2. The Morgan fingerprint density at radius 2 is 1.40 bits per heavy atom. The fourth-order valence-electron chi connectivity index (χ4n) is 3.58. The molecule has 2 aromatic carbocycles. The maximum absolute atomic E-state index is 10.3. The number of nitrogens with zero attached hydrogens (tertiary/aromatic N) is 5. The maximum Gasteiger partial charge on any atom is 0.115 e. The first-order valence-corrected chi connectivity index (χ1v) is 11.5. The summed E-state index contributed by atoms with van der Waals surface area (Å²) in [4.78, 5) is 7.89. The van der Waals surface area contributed by atoms with Gasteiger partial charge >= 0.3 is 0 Å². The summed E-state index contributed by atoms with van der Waals surface area (Å²) < 4.78 is 12.6. The summed E-state index contributed by atoms with van der Waals surface area (Å²) >= 11 is 0. The average molecular weight is 476 g/mol. The molecule has 9 nitrogen and oxygen atoms in total. The van der Waals surface area contributed by atoms with Gasteiger partial charge in [0.15, 0.2) is 0 Å². The highest BCUT2D eigenvalue weighted by Crippen LogP contribution is 2.19. The van der Waals surface area contributed by atoms with Gasteiger partial charge in [0, 0.05) is 12.8 Å². The predicted octanol–water partition coefficient (Wildman–Crippen LogP) is 2.26. The first-order valence-electron chi connectivity index (χ1n) is 11.5. The highest BCUT2D eigenvalue weighted by atomic mass is 16.5. The number of hydrogen-bond acceptors (Lipinski definition) is 8. The number of rotatable bonds is 13. The molecule has 2 heterocycles. The van der Waals surface area contributed by atoms with E-state index in [9.17, 15) is 10.2 Å². The first-order chi connectivity index (χ1) is 17.2. The summed E-state index contributed by atoms with van der Waals surface area (Å²) in [6, 6.07) is 18.4. The van der Waals surface area contributed by atoms with Gasteiger partial charge in [-0.3, -0.25) is 0 Å². The molecular formula is C26H29N5O4. The van der Waals surface area contributed by atoms with Crippen molar-refractivity contribution in [2.45, 2.75) is 25.0 Å². The highest BCUT2D eigenvalue weighted by molar-refractivity contribution is 5.63. The summed E-state index contributed by atoms with van der Waals surface area (Å²) in [5.41, 5.74) is 4.70. The van der Waals surface area contributed by atoms with Gasteiger partial charge in [-0.2, -0.15) is 0 Å². The van der Waals surface area contributed by atoms with E-state index in [-0.39, 0.29) is 13.2 Å². The van der Waals surface area contributed by atoms with Crippen LogP contribution in [-0.4, -0.2) is 73.8 Å². The van der Waals surface area contributed by atoms with Crippen LogP contribution in [0.4, 0.5) is 0 Å². The van der Waals surface area contributed by atoms with E-state index >= 15 is 0 Å². The van der Waals surface area contributed by atoms with Crippen LogP contribution in [0.3, 0.4) is 0 Å². The van der Waals surface area contributed by atoms with Gasteiger partial charge in [-0.25, -0.2) is 14.6 Å². The molecule has 2 aromatic heterocycles. The molecule has 182 valence electrons. The molecule has 4 aromatic rings. The van der Waals surface area contributed by atoms with Crippen LogP contribution in [0.25, 0.3) is 16.8 Å². The Balaban J connectivity index is 1.08. The van der Waals surface area contributed by atoms with Gasteiger partial charge in [-0.1, -0.05) is 59.8 Å². The molecule has 35 heavy (non-hydrogen) atoms. The normalized spacial score (nSPS) is 13.0. The third-order valence-corrected chi connectivity index (χ3v) is 5.32. The van der Waals surface area contributed by atoms with Crippen LogP contribution in [0.15, 0.2) is 79.5 Å². The van der Waals surface area contributed by atoms with E-state index in [0.717, 1.165) is 11.1 Å². The van der Waals surface area contributed by atoms with Crippen molar-refractivity contribution in [3.8, 4) is 16.8 Å². The first kappa shape index (κ1) is 24.6. The Kier molecular flexibility index (Phi) is 9.02. The predicted molar refractivity (Wildman–Crippen MR) is 130 cm³/mol. The summed E-state index contributed by atoms with van der Waals surface area (Å²) in [6.45, 7) is 1.03. The summed E-state index contributed by atoms with van der Waals surface area (Å²) in [7, 11) is 0. The Morgan fingerprint density at radius 3 is 2.09 bits per heavy atom. The molecule has 0 aliphatic carbocycles. The van der Waals surface area contributed by atoms with E-state index < -0.39 is 12.2 Å². The molecule has 0 bridgehead atoms. The monoisotopic (exact) mass is 475 g/mol. The van der Waals surface area contributed by atoms with Crippen molar-refractivity contribution in [1.29, 1.82) is 0 Å². The average Bonchev–Trinajstić information content (AvgIpc) is 3.36. The number of benzene rings is 2. The molecule has 2 atom stereocenters. The molecule has 0 amide bonds. The summed E-state index contributed by atoms with van der Waals surface area (Å²) in [5, 5.41) is 28.5. The van der Waals surface area contributed by atoms with Crippen molar-refractivity contribution >= 4 is 0 Å². The van der Waals surface area contributed by atoms with Crippen molar-refractivity contribution in [2.24, 2.45) is 0 Å². The zero-order chi connectivity index (χ0) is 24.3. The molecule has 9 heteroatoms. The fraction of sp³-hybridized carbons (Fsp3) is 0.308. The van der Waals surface area contributed by atoms with Gasteiger partial charge in [0.05, 0.1) is 62.9 Å². The zero-order valence-electron chi connectivity index (χ0n) is 19.3. The zero-order valence-corrected chi connectivity index (χ0v) is 19.3. The van der Waals surface area contributed by atoms with Crippen LogP contribution in [0.2, 0.25) is 0 Å². The van der Waals surface area contributed by atoms with Crippen molar-refractivity contribution in [2.75, 3.05) is 26.4 Å². The number of aromatic nitrogens is 5. The van der Waals surface area contributed by atoms with E-state index in [4.69, 9.17) is 9.47 Å². The van der Waals surface area contributed by atoms with E-state index in [1.165, 1.54) is 11.9 Å². The van der Waals surface area contributed by atoms with Gasteiger partial charge in [-0.05, 0) is 16.7 Å². The van der Waals surface area contributed by atoms with E-state index in [2.05, 4.69) is 44.5 Å². The van der Waals surface area contributed by atoms with E-state index in [1.807, 2.05) is 30.3 Å². The third-order valence-electron chi connectivity index (χ3n) is 5.32. The van der Waals surface area contributed by atoms with Crippen LogP contribution >= 0.6 is 0 Å². The molecule has 0 radical (unpaired) electrons. The van der Waals surface area contributed by atoms with Crippen molar-refractivity contribution < 1.29 is 19.7 Å². The summed E-state index contributed by atoms with van der Waals surface area (Å²) in [5.74, 6) is 0. The molecule has 0 unspecified atom stereocenters. The summed E-state index contributed by atoms with van der Waals surface area (Å²) in [6.07, 6.45) is 5.95. The van der Waals surface area contributed by atoms with Gasteiger partial charge in [0.2, 0.25) is 0 Å². The standard InChI is InChI=1S/C26H29N5O4/c32-25(12-20-6-8-22(9-7-20)21-4-2-1-3-5-21)17-34-10-11-35-18-26(33)13-23-16-31(30-29-23)24-14-27-19-28-15-24/h1-9,14-16,19,25-26,32-33H,10-13,17-18H2/t25-,26-/m0/s1. The fourth-order valence-corrected chi connectivity index (χ4v) is 3.58. The van der Waals surface area contributed by atoms with Gasteiger partial charge in [0.1, 0.15) is 12.0 Å². The Hall–Kier alpha value is -3.50. The second-order valence-corrected chi connectivity index (χ2v) is 8.18. The number of aliphatic hydroxyl groups is 2. The minimum atomic E-state index is -0.711. The quantitative estimate of drug-likeness (QED) is 0.283. The van der Waals surface area contributed by atoms with E-state index in [0.29, 0.717) is 37.4 Å². The molecule has 0 spiro atoms. The van der Waals surface area contributed by atoms with Crippen LogP contribution in [-0.2, 0) is 22.3 Å². The lowest BCUT2D eigenvalue weighted by Crippen LogP contribution is -2.22. The minimum Gasteiger partial charge on any atom is -0.390 e. The SMILES string of the molecule is O[C@H](COCCOC[C@@H](O)Cc1cn(-c2cncnc2)nn1)Cc1ccc(-c2ccccc2)cc1. The molecule has 4 rings (SSSR count). The van der Waals surface area contributed by atoms with Crippen molar-refractivity contribution in [1.82, 2.24) is 25.0 Å². The highest BCUT2D eigenvalue weighted by Gasteiger charge is 2.11. The maximum atomic E-state index is 10.3. The van der Waals surface area contributed by atoms with Crippen molar-refractivity contribution in [3.05, 3.63) is 90.8 Å². The lowest BCUT2D eigenvalue weighted by atomic mass is 10.0. The van der Waals surface area contributed by atoms with Crippen LogP contribution in [0.1, 0.15) is 11.3 Å². The van der Waals surface area contributed by atoms with Gasteiger partial charge in [0.25, 0.3) is 0 Å². The second-order valence-electron chi connectivity index (χ2n) is 8.18. The topological polar surface area (TPSA) is 115 Å². The Morgan fingerprint density at radius 1 is 0.771 bits per heavy atom. The Labute approximate surface area is 204 Å². The molecule has 2 N–H and O–H groups in total. The molecule has 0 fully saturated rings. The van der Waals surface area contributed by atoms with Crippen LogP contribution in [0, 0.1) is 0 Å². The second kappa shape index (κ2) is 12.8. The molecular weight excluding hydrogens is 446 g/mol. The van der Waals surface area contributed by atoms with Crippen molar-refractivity contribution in [3.63, 3.8) is 0 Å². The smallest absolute Gasteiger partial charge is 0.115 e. The largest absolute Gasteiger partial charge is 0.390 e. The lowest BCUT2D eigenvalue weighted by molar-refractivity contribution is -0.0165. The molecule has 0 saturated heterocycles. The van der Waals surface area contributed by atoms with Gasteiger partial charge < -0.3 is 19.7 Å². The minimum absolute atomic E-state index is 0.154. The molecule has 0 aliphatic rings.